The molecule has 0 unspecified atom stereocenters. The minimum atomic E-state index is -3.76. The molecule has 0 bridgehead atoms. The summed E-state index contributed by atoms with van der Waals surface area (Å²) < 4.78 is 26.0. The standard InChI is InChI=1S/C18H17N5O4S/c1-13-3-9-18(10-4-13)28(26,27)21-19-11-15-12-22(20-14(15)2)16-5-7-17(8-6-16)23(24)25/h3-12,21H,1-2H3/b19-11-. The molecule has 0 fully saturated rings. The average Bonchev–Trinajstić information content (AvgIpc) is 3.03. The minimum absolute atomic E-state index is 0.0140. The highest BCUT2D eigenvalue weighted by atomic mass is 32.2. The van der Waals surface area contributed by atoms with Crippen LogP contribution in [0.2, 0.25) is 0 Å². The van der Waals surface area contributed by atoms with Crippen LogP contribution >= 0.6 is 0 Å². The molecule has 3 rings (SSSR count). The van der Waals surface area contributed by atoms with E-state index in [0.29, 0.717) is 16.9 Å². The van der Waals surface area contributed by atoms with Gasteiger partial charge in [0, 0.05) is 23.9 Å². The summed E-state index contributed by atoms with van der Waals surface area (Å²) in [4.78, 5) is 12.5. The number of aryl methyl sites for hydroxylation is 2. The van der Waals surface area contributed by atoms with E-state index < -0.39 is 14.9 Å². The van der Waals surface area contributed by atoms with Gasteiger partial charge < -0.3 is 0 Å². The molecule has 0 aliphatic heterocycles. The Labute approximate surface area is 161 Å². The van der Waals surface area contributed by atoms with Crippen molar-refractivity contribution in [3.63, 3.8) is 0 Å². The van der Waals surface area contributed by atoms with Crippen LogP contribution in [0.25, 0.3) is 5.69 Å². The van der Waals surface area contributed by atoms with Crippen LogP contribution in [0.5, 0.6) is 0 Å². The number of benzene rings is 2. The summed E-state index contributed by atoms with van der Waals surface area (Å²) >= 11 is 0. The first-order valence-electron chi connectivity index (χ1n) is 8.19. The maximum absolute atomic E-state index is 12.2. The largest absolute Gasteiger partial charge is 0.276 e. The predicted octanol–water partition coefficient (Wildman–Crippen LogP) is 2.71. The molecule has 0 atom stereocenters. The molecule has 1 N–H and O–H groups in total. The number of nitro groups is 1. The van der Waals surface area contributed by atoms with Gasteiger partial charge in [-0.3, -0.25) is 10.1 Å². The molecule has 3 aromatic rings. The maximum Gasteiger partial charge on any atom is 0.276 e. The summed E-state index contributed by atoms with van der Waals surface area (Å²) in [5, 5.41) is 18.9. The molecular weight excluding hydrogens is 382 g/mol. The van der Waals surface area contributed by atoms with Crippen LogP contribution in [0.15, 0.2) is 64.7 Å². The second-order valence-corrected chi connectivity index (χ2v) is 7.71. The Morgan fingerprint density at radius 3 is 2.36 bits per heavy atom. The third-order valence-electron chi connectivity index (χ3n) is 3.97. The molecule has 144 valence electrons. The number of hydrogen-bond donors (Lipinski definition) is 1. The fourth-order valence-corrected chi connectivity index (χ4v) is 3.19. The molecule has 9 nitrogen and oxygen atoms in total. The number of nitrogens with one attached hydrogen (secondary N) is 1. The summed E-state index contributed by atoms with van der Waals surface area (Å²) in [6.45, 7) is 3.62. The number of sulfonamides is 1. The summed E-state index contributed by atoms with van der Waals surface area (Å²) in [5.41, 5.74) is 2.80. The van der Waals surface area contributed by atoms with E-state index in [9.17, 15) is 18.5 Å². The molecule has 0 aliphatic rings. The molecule has 0 spiro atoms. The molecule has 28 heavy (non-hydrogen) atoms. The van der Waals surface area contributed by atoms with Gasteiger partial charge in [-0.2, -0.15) is 18.6 Å². The van der Waals surface area contributed by atoms with Gasteiger partial charge in [0.25, 0.3) is 15.7 Å². The van der Waals surface area contributed by atoms with Gasteiger partial charge in [-0.15, -0.1) is 0 Å². The van der Waals surface area contributed by atoms with E-state index in [4.69, 9.17) is 0 Å². The van der Waals surface area contributed by atoms with E-state index in [0.717, 1.165) is 5.56 Å². The van der Waals surface area contributed by atoms with E-state index in [1.807, 2.05) is 6.92 Å². The minimum Gasteiger partial charge on any atom is -0.258 e. The third kappa shape index (κ3) is 4.23. The molecule has 0 saturated carbocycles. The van der Waals surface area contributed by atoms with Crippen LogP contribution < -0.4 is 4.83 Å². The molecule has 2 aromatic carbocycles. The lowest BCUT2D eigenvalue weighted by Crippen LogP contribution is -2.18. The Bertz CT molecular complexity index is 1130. The highest BCUT2D eigenvalue weighted by Crippen LogP contribution is 2.16. The van der Waals surface area contributed by atoms with Crippen LogP contribution in [0.3, 0.4) is 0 Å². The van der Waals surface area contributed by atoms with Gasteiger partial charge in [-0.25, -0.2) is 9.51 Å². The second kappa shape index (κ2) is 7.61. The van der Waals surface area contributed by atoms with E-state index in [1.54, 1.807) is 37.4 Å². The summed E-state index contributed by atoms with van der Waals surface area (Å²) in [7, 11) is -3.76. The number of rotatable bonds is 6. The van der Waals surface area contributed by atoms with Gasteiger partial charge in [-0.05, 0) is 38.1 Å². The Balaban J connectivity index is 1.76. The zero-order chi connectivity index (χ0) is 20.3. The Hall–Kier alpha value is -3.53. The van der Waals surface area contributed by atoms with Gasteiger partial charge >= 0.3 is 0 Å². The molecule has 1 aromatic heterocycles. The van der Waals surface area contributed by atoms with Crippen molar-refractivity contribution in [3.8, 4) is 5.69 Å². The van der Waals surface area contributed by atoms with Gasteiger partial charge in [-0.1, -0.05) is 17.7 Å². The monoisotopic (exact) mass is 399 g/mol. The molecule has 0 saturated heterocycles. The quantitative estimate of drug-likeness (QED) is 0.388. The molecule has 0 amide bonds. The lowest BCUT2D eigenvalue weighted by atomic mass is 10.2. The Kier molecular flexibility index (Phi) is 5.23. The van der Waals surface area contributed by atoms with Crippen molar-refractivity contribution in [2.24, 2.45) is 5.10 Å². The zero-order valence-electron chi connectivity index (χ0n) is 15.1. The lowest BCUT2D eigenvalue weighted by Gasteiger charge is -2.03. The van der Waals surface area contributed by atoms with E-state index >= 15 is 0 Å². The van der Waals surface area contributed by atoms with E-state index in [2.05, 4.69) is 15.0 Å². The average molecular weight is 399 g/mol. The number of hydrazone groups is 1. The third-order valence-corrected chi connectivity index (χ3v) is 5.21. The van der Waals surface area contributed by atoms with Crippen molar-refractivity contribution in [2.45, 2.75) is 18.7 Å². The Morgan fingerprint density at radius 2 is 1.75 bits per heavy atom. The van der Waals surface area contributed by atoms with Crippen LogP contribution in [0, 0.1) is 24.0 Å². The normalized spacial score (nSPS) is 11.6. The topological polar surface area (TPSA) is 119 Å². The molecule has 0 radical (unpaired) electrons. The maximum atomic E-state index is 12.2. The van der Waals surface area contributed by atoms with Crippen molar-refractivity contribution in [1.29, 1.82) is 0 Å². The number of non-ortho nitro benzene ring substituents is 1. The SMILES string of the molecule is Cc1ccc(S(=O)(=O)N/N=C\c2cn(-c3ccc([N+](=O)[O-])cc3)nc2C)cc1. The van der Waals surface area contributed by atoms with Crippen LogP contribution in [-0.4, -0.2) is 29.3 Å². The summed E-state index contributed by atoms with van der Waals surface area (Å²) in [5.74, 6) is 0. The van der Waals surface area contributed by atoms with Gasteiger partial charge in [0.2, 0.25) is 0 Å². The first kappa shape index (κ1) is 19.2. The number of nitro benzene ring substituents is 1. The summed E-state index contributed by atoms with van der Waals surface area (Å²) in [6, 6.07) is 12.3. The van der Waals surface area contributed by atoms with Crippen molar-refractivity contribution < 1.29 is 13.3 Å². The predicted molar refractivity (Wildman–Crippen MR) is 104 cm³/mol. The second-order valence-electron chi connectivity index (χ2n) is 6.05. The van der Waals surface area contributed by atoms with Gasteiger partial charge in [0.15, 0.2) is 0 Å². The zero-order valence-corrected chi connectivity index (χ0v) is 15.9. The molecule has 0 aliphatic carbocycles. The number of hydrogen-bond acceptors (Lipinski definition) is 6. The fraction of sp³-hybridized carbons (Fsp3) is 0.111. The number of nitrogens with zero attached hydrogens (tertiary/aromatic N) is 4. The van der Waals surface area contributed by atoms with E-state index in [1.165, 1.54) is 35.2 Å². The molecule has 10 heteroatoms. The summed E-state index contributed by atoms with van der Waals surface area (Å²) in [6.07, 6.45) is 3.01. The first-order valence-corrected chi connectivity index (χ1v) is 9.67. The smallest absolute Gasteiger partial charge is 0.258 e. The van der Waals surface area contributed by atoms with Gasteiger partial charge in [0.1, 0.15) is 0 Å². The molecule has 1 heterocycles. The Morgan fingerprint density at radius 1 is 1.11 bits per heavy atom. The van der Waals surface area contributed by atoms with Crippen molar-refractivity contribution in [3.05, 3.63) is 81.7 Å². The molecular formula is C18H17N5O4S. The van der Waals surface area contributed by atoms with Gasteiger partial charge in [0.05, 0.1) is 27.4 Å². The van der Waals surface area contributed by atoms with Crippen molar-refractivity contribution in [2.75, 3.05) is 0 Å². The highest BCUT2D eigenvalue weighted by Gasteiger charge is 2.12. The van der Waals surface area contributed by atoms with Crippen LogP contribution in [0.1, 0.15) is 16.8 Å². The fourth-order valence-electron chi connectivity index (χ4n) is 2.39. The number of aromatic nitrogens is 2. The van der Waals surface area contributed by atoms with Crippen LogP contribution in [0.4, 0.5) is 5.69 Å². The van der Waals surface area contributed by atoms with Crippen molar-refractivity contribution >= 4 is 21.9 Å². The lowest BCUT2D eigenvalue weighted by molar-refractivity contribution is -0.384. The first-order chi connectivity index (χ1) is 13.3. The van der Waals surface area contributed by atoms with E-state index in [-0.39, 0.29) is 10.6 Å². The van der Waals surface area contributed by atoms with Crippen LogP contribution in [-0.2, 0) is 10.0 Å². The highest BCUT2D eigenvalue weighted by molar-refractivity contribution is 7.89. The van der Waals surface area contributed by atoms with Crippen molar-refractivity contribution in [1.82, 2.24) is 14.6 Å².